The highest BCUT2D eigenvalue weighted by molar-refractivity contribution is 9.10. The molecule has 3 nitrogen and oxygen atoms in total. The highest BCUT2D eigenvalue weighted by atomic mass is 79.9. The first-order chi connectivity index (χ1) is 10.7. The van der Waals surface area contributed by atoms with Crippen LogP contribution in [0.1, 0.15) is 44.1 Å². The van der Waals surface area contributed by atoms with Crippen molar-refractivity contribution in [3.05, 3.63) is 43.2 Å². The van der Waals surface area contributed by atoms with E-state index in [1.165, 1.54) is 28.8 Å². The summed E-state index contributed by atoms with van der Waals surface area (Å²) in [6.45, 7) is 2.74. The third-order valence-electron chi connectivity index (χ3n) is 4.67. The molecule has 0 saturated heterocycles. The second kappa shape index (κ2) is 5.46. The van der Waals surface area contributed by atoms with Gasteiger partial charge in [-0.2, -0.15) is 0 Å². The first kappa shape index (κ1) is 14.4. The van der Waals surface area contributed by atoms with Gasteiger partial charge >= 0.3 is 0 Å². The number of halogens is 1. The first-order valence-electron chi connectivity index (χ1n) is 7.73. The Morgan fingerprint density at radius 2 is 2.05 bits per heavy atom. The number of hydrogen-bond acceptors (Lipinski definition) is 3. The third kappa shape index (κ3) is 2.14. The number of fused-ring (bicyclic) bond motifs is 3. The van der Waals surface area contributed by atoms with Gasteiger partial charge in [0.15, 0.2) is 0 Å². The fourth-order valence-electron chi connectivity index (χ4n) is 3.49. The van der Waals surface area contributed by atoms with Gasteiger partial charge in [-0.25, -0.2) is 4.98 Å². The Hall–Kier alpha value is -1.20. The number of aromatic nitrogens is 1. The number of aryl methyl sites for hydroxylation is 1. The van der Waals surface area contributed by atoms with Crippen LogP contribution in [-0.2, 0) is 19.3 Å². The predicted octanol–water partition coefficient (Wildman–Crippen LogP) is 4.30. The van der Waals surface area contributed by atoms with Gasteiger partial charge in [-0.3, -0.25) is 9.69 Å². The van der Waals surface area contributed by atoms with Crippen LogP contribution in [0.5, 0.6) is 0 Å². The molecule has 0 fully saturated rings. The van der Waals surface area contributed by atoms with Crippen molar-refractivity contribution in [2.75, 3.05) is 11.4 Å². The molecule has 1 aliphatic carbocycles. The number of nitrogens with zero attached hydrogens (tertiary/aromatic N) is 2. The van der Waals surface area contributed by atoms with Gasteiger partial charge in [0.2, 0.25) is 0 Å². The van der Waals surface area contributed by atoms with Gasteiger partial charge in [0, 0.05) is 27.7 Å². The molecule has 4 rings (SSSR count). The molecule has 3 heterocycles. The molecule has 0 saturated carbocycles. The molecule has 5 heteroatoms. The maximum absolute atomic E-state index is 13.0. The van der Waals surface area contributed by atoms with Gasteiger partial charge in [0.1, 0.15) is 5.82 Å². The molecule has 2 aromatic rings. The molecule has 1 amide bonds. The molecule has 0 radical (unpaired) electrons. The molecule has 0 atom stereocenters. The van der Waals surface area contributed by atoms with E-state index in [9.17, 15) is 4.79 Å². The highest BCUT2D eigenvalue weighted by Gasteiger charge is 2.33. The number of rotatable bonds is 1. The van der Waals surface area contributed by atoms with Crippen LogP contribution in [0.2, 0.25) is 0 Å². The number of pyridine rings is 1. The summed E-state index contributed by atoms with van der Waals surface area (Å²) in [7, 11) is 0. The van der Waals surface area contributed by atoms with E-state index in [-0.39, 0.29) is 5.91 Å². The largest absolute Gasteiger partial charge is 0.291 e. The Labute approximate surface area is 142 Å². The van der Waals surface area contributed by atoms with Gasteiger partial charge in [-0.15, -0.1) is 11.3 Å². The molecule has 2 aliphatic rings. The number of carbonyl (C=O) groups is 1. The molecular weight excluding hydrogens is 360 g/mol. The van der Waals surface area contributed by atoms with E-state index in [0.29, 0.717) is 0 Å². The average molecular weight is 377 g/mol. The van der Waals surface area contributed by atoms with Crippen molar-refractivity contribution in [3.8, 4) is 0 Å². The average Bonchev–Trinajstić information content (AvgIpc) is 2.91. The van der Waals surface area contributed by atoms with Crippen LogP contribution < -0.4 is 4.90 Å². The van der Waals surface area contributed by atoms with Crippen molar-refractivity contribution in [1.82, 2.24) is 4.98 Å². The van der Waals surface area contributed by atoms with E-state index in [1.807, 2.05) is 17.9 Å². The fourth-order valence-corrected chi connectivity index (χ4v) is 5.18. The lowest BCUT2D eigenvalue weighted by Gasteiger charge is -2.28. The standard InChI is InChI=1S/C17H17BrN2OS/c1-10-13(18)6-8-19-16(10)20-9-7-12-11-4-2-3-5-14(11)22-15(12)17(20)21/h6,8H,2-5,7,9H2,1H3. The summed E-state index contributed by atoms with van der Waals surface area (Å²) in [5.41, 5.74) is 3.84. The zero-order valence-corrected chi connectivity index (χ0v) is 14.9. The smallest absolute Gasteiger partial charge is 0.269 e. The van der Waals surface area contributed by atoms with Crippen LogP contribution >= 0.6 is 27.3 Å². The lowest BCUT2D eigenvalue weighted by atomic mass is 9.92. The van der Waals surface area contributed by atoms with Crippen LogP contribution in [0.4, 0.5) is 5.82 Å². The maximum atomic E-state index is 13.0. The maximum Gasteiger partial charge on any atom is 0.269 e. The predicted molar refractivity (Wildman–Crippen MR) is 93.0 cm³/mol. The van der Waals surface area contributed by atoms with Gasteiger partial charge in [0.25, 0.3) is 5.91 Å². The molecule has 0 aromatic carbocycles. The van der Waals surface area contributed by atoms with E-state index in [2.05, 4.69) is 20.9 Å². The lowest BCUT2D eigenvalue weighted by molar-refractivity contribution is 0.0984. The van der Waals surface area contributed by atoms with Crippen molar-refractivity contribution in [3.63, 3.8) is 0 Å². The lowest BCUT2D eigenvalue weighted by Crippen LogP contribution is -2.38. The van der Waals surface area contributed by atoms with Crippen LogP contribution in [0.3, 0.4) is 0 Å². The summed E-state index contributed by atoms with van der Waals surface area (Å²) in [4.78, 5) is 21.7. The molecule has 1 aliphatic heterocycles. The second-order valence-electron chi connectivity index (χ2n) is 5.97. The zero-order chi connectivity index (χ0) is 15.3. The molecule has 0 spiro atoms. The van der Waals surface area contributed by atoms with Gasteiger partial charge in [-0.05, 0) is 56.2 Å². The Morgan fingerprint density at radius 3 is 2.91 bits per heavy atom. The minimum absolute atomic E-state index is 0.134. The van der Waals surface area contributed by atoms with Crippen LogP contribution in [0.25, 0.3) is 0 Å². The molecular formula is C17H17BrN2OS. The van der Waals surface area contributed by atoms with Crippen molar-refractivity contribution in [2.24, 2.45) is 0 Å². The zero-order valence-electron chi connectivity index (χ0n) is 12.5. The molecule has 0 N–H and O–H groups in total. The monoisotopic (exact) mass is 376 g/mol. The van der Waals surface area contributed by atoms with Crippen molar-refractivity contribution in [1.29, 1.82) is 0 Å². The van der Waals surface area contributed by atoms with E-state index in [4.69, 9.17) is 0 Å². The SMILES string of the molecule is Cc1c(Br)ccnc1N1CCc2c(sc3c2CCCC3)C1=O. The normalized spacial score (nSPS) is 17.4. The Balaban J connectivity index is 1.76. The minimum Gasteiger partial charge on any atom is -0.291 e. The summed E-state index contributed by atoms with van der Waals surface area (Å²) in [6.07, 6.45) is 7.54. The van der Waals surface area contributed by atoms with Crippen molar-refractivity contribution in [2.45, 2.75) is 39.0 Å². The molecule has 0 bridgehead atoms. The number of carbonyl (C=O) groups excluding carboxylic acids is 1. The Bertz CT molecular complexity index is 768. The van der Waals surface area contributed by atoms with E-state index in [0.717, 1.165) is 46.5 Å². The minimum atomic E-state index is 0.134. The van der Waals surface area contributed by atoms with Gasteiger partial charge < -0.3 is 0 Å². The summed E-state index contributed by atoms with van der Waals surface area (Å²) >= 11 is 5.26. The topological polar surface area (TPSA) is 33.2 Å². The number of hydrogen-bond donors (Lipinski definition) is 0. The van der Waals surface area contributed by atoms with Crippen LogP contribution in [0, 0.1) is 6.92 Å². The molecule has 0 unspecified atom stereocenters. The Morgan fingerprint density at radius 1 is 1.23 bits per heavy atom. The summed E-state index contributed by atoms with van der Waals surface area (Å²) < 4.78 is 1.00. The number of thiophene rings is 1. The number of anilines is 1. The van der Waals surface area contributed by atoms with Gasteiger partial charge in [0.05, 0.1) is 4.88 Å². The Kier molecular flexibility index (Phi) is 3.57. The van der Waals surface area contributed by atoms with E-state index >= 15 is 0 Å². The summed E-state index contributed by atoms with van der Waals surface area (Å²) in [5.74, 6) is 0.922. The fraction of sp³-hybridized carbons (Fsp3) is 0.412. The first-order valence-corrected chi connectivity index (χ1v) is 9.34. The number of amides is 1. The van der Waals surface area contributed by atoms with Crippen molar-refractivity contribution >= 4 is 39.0 Å². The second-order valence-corrected chi connectivity index (χ2v) is 7.93. The van der Waals surface area contributed by atoms with E-state index in [1.54, 1.807) is 17.5 Å². The highest BCUT2D eigenvalue weighted by Crippen LogP contribution is 2.39. The quantitative estimate of drug-likeness (QED) is 0.743. The van der Waals surface area contributed by atoms with E-state index < -0.39 is 0 Å². The molecule has 114 valence electrons. The van der Waals surface area contributed by atoms with Crippen LogP contribution in [-0.4, -0.2) is 17.4 Å². The molecule has 22 heavy (non-hydrogen) atoms. The van der Waals surface area contributed by atoms with Crippen LogP contribution in [0.15, 0.2) is 16.7 Å². The third-order valence-corrected chi connectivity index (χ3v) is 6.85. The molecule has 2 aromatic heterocycles. The van der Waals surface area contributed by atoms with Gasteiger partial charge in [-0.1, -0.05) is 15.9 Å². The van der Waals surface area contributed by atoms with Crippen molar-refractivity contribution < 1.29 is 4.79 Å². The summed E-state index contributed by atoms with van der Waals surface area (Å²) in [5, 5.41) is 0. The summed E-state index contributed by atoms with van der Waals surface area (Å²) in [6, 6.07) is 1.92.